The zero-order valence-electron chi connectivity index (χ0n) is 18.9. The molecule has 0 unspecified atom stereocenters. The summed E-state index contributed by atoms with van der Waals surface area (Å²) in [6.45, 7) is 7.28. The van der Waals surface area contributed by atoms with Crippen LogP contribution in [0.3, 0.4) is 0 Å². The van der Waals surface area contributed by atoms with Crippen molar-refractivity contribution in [2.24, 2.45) is 0 Å². The highest BCUT2D eigenvalue weighted by molar-refractivity contribution is 5.79. The third-order valence-electron chi connectivity index (χ3n) is 5.22. The molecule has 0 spiro atoms. The van der Waals surface area contributed by atoms with E-state index in [4.69, 9.17) is 14.2 Å². The number of allylic oxidation sites excluding steroid dienone is 1. The van der Waals surface area contributed by atoms with Crippen LogP contribution in [0.2, 0.25) is 0 Å². The Balaban J connectivity index is 1.94. The quantitative estimate of drug-likeness (QED) is 0.486. The summed E-state index contributed by atoms with van der Waals surface area (Å²) >= 11 is 0. The van der Waals surface area contributed by atoms with Gasteiger partial charge >= 0.3 is 0 Å². The molecule has 0 atom stereocenters. The second-order valence-electron chi connectivity index (χ2n) is 7.84. The van der Waals surface area contributed by atoms with Gasteiger partial charge in [-0.2, -0.15) is 0 Å². The lowest BCUT2D eigenvalue weighted by Crippen LogP contribution is -2.47. The SMILES string of the molecule is COc1cccc(OC)c1-c1ccc(OCCC=C(C)C)c(CN2CCNC(=O)C2)c1. The molecule has 1 heterocycles. The highest BCUT2D eigenvalue weighted by Gasteiger charge is 2.20. The van der Waals surface area contributed by atoms with Crippen LogP contribution in [-0.4, -0.2) is 51.3 Å². The topological polar surface area (TPSA) is 60.0 Å². The number of hydrogen-bond donors (Lipinski definition) is 1. The van der Waals surface area contributed by atoms with Gasteiger partial charge in [-0.25, -0.2) is 0 Å². The molecule has 0 saturated carbocycles. The van der Waals surface area contributed by atoms with E-state index in [-0.39, 0.29) is 5.91 Å². The van der Waals surface area contributed by atoms with E-state index >= 15 is 0 Å². The fourth-order valence-electron chi connectivity index (χ4n) is 3.72. The van der Waals surface area contributed by atoms with Crippen molar-refractivity contribution in [1.82, 2.24) is 10.2 Å². The van der Waals surface area contributed by atoms with E-state index in [9.17, 15) is 4.79 Å². The van der Waals surface area contributed by atoms with Crippen molar-refractivity contribution >= 4 is 5.91 Å². The number of nitrogens with zero attached hydrogens (tertiary/aromatic N) is 1. The van der Waals surface area contributed by atoms with Crippen molar-refractivity contribution in [2.45, 2.75) is 26.8 Å². The van der Waals surface area contributed by atoms with Gasteiger partial charge in [0, 0.05) is 25.2 Å². The van der Waals surface area contributed by atoms with Crippen LogP contribution in [0.4, 0.5) is 0 Å². The first-order chi connectivity index (χ1) is 15.0. The van der Waals surface area contributed by atoms with Crippen molar-refractivity contribution in [2.75, 3.05) is 40.5 Å². The Hall–Kier alpha value is -2.99. The first-order valence-corrected chi connectivity index (χ1v) is 10.6. The third kappa shape index (κ3) is 6.01. The van der Waals surface area contributed by atoms with E-state index in [0.29, 0.717) is 26.2 Å². The molecule has 2 aromatic carbocycles. The van der Waals surface area contributed by atoms with Crippen LogP contribution in [0.5, 0.6) is 17.2 Å². The van der Waals surface area contributed by atoms with Crippen molar-refractivity contribution in [1.29, 1.82) is 0 Å². The Bertz CT molecular complexity index is 913. The predicted octanol–water partition coefficient (Wildman–Crippen LogP) is 4.04. The van der Waals surface area contributed by atoms with Crippen LogP contribution in [0.15, 0.2) is 48.0 Å². The molecule has 0 bridgehead atoms. The molecule has 0 aliphatic carbocycles. The standard InChI is InChI=1S/C25H32N2O4/c1-18(2)7-6-14-31-21-11-10-19(25-22(29-3)8-5-9-23(25)30-4)15-20(21)16-27-13-12-26-24(28)17-27/h5,7-11,15H,6,12-14,16-17H2,1-4H3,(H,26,28). The molecule has 2 aromatic rings. The molecular formula is C25H32N2O4. The molecule has 6 nitrogen and oxygen atoms in total. The van der Waals surface area contributed by atoms with Gasteiger partial charge in [0.15, 0.2) is 0 Å². The lowest BCUT2D eigenvalue weighted by molar-refractivity contribution is -0.124. The minimum absolute atomic E-state index is 0.0554. The molecule has 1 aliphatic rings. The molecule has 1 aliphatic heterocycles. The Morgan fingerprint density at radius 3 is 2.48 bits per heavy atom. The second-order valence-corrected chi connectivity index (χ2v) is 7.84. The Kier molecular flexibility index (Phi) is 7.95. The summed E-state index contributed by atoms with van der Waals surface area (Å²) in [4.78, 5) is 14.0. The average molecular weight is 425 g/mol. The van der Waals surface area contributed by atoms with Crippen LogP contribution in [0.25, 0.3) is 11.1 Å². The number of benzene rings is 2. The maximum Gasteiger partial charge on any atom is 0.234 e. The molecule has 1 saturated heterocycles. The molecule has 6 heteroatoms. The summed E-state index contributed by atoms with van der Waals surface area (Å²) in [5.74, 6) is 2.39. The maximum atomic E-state index is 11.9. The van der Waals surface area contributed by atoms with E-state index < -0.39 is 0 Å². The summed E-state index contributed by atoms with van der Waals surface area (Å²) in [6, 6.07) is 11.9. The summed E-state index contributed by atoms with van der Waals surface area (Å²) in [5.41, 5.74) is 4.21. The molecular weight excluding hydrogens is 392 g/mol. The van der Waals surface area contributed by atoms with E-state index in [1.165, 1.54) is 5.57 Å². The van der Waals surface area contributed by atoms with Gasteiger partial charge in [-0.3, -0.25) is 9.69 Å². The van der Waals surface area contributed by atoms with Crippen LogP contribution in [0, 0.1) is 0 Å². The lowest BCUT2D eigenvalue weighted by Gasteiger charge is -2.27. The smallest absolute Gasteiger partial charge is 0.234 e. The van der Waals surface area contributed by atoms with Crippen LogP contribution < -0.4 is 19.5 Å². The van der Waals surface area contributed by atoms with E-state index in [0.717, 1.165) is 46.9 Å². The molecule has 0 aromatic heterocycles. The molecule has 31 heavy (non-hydrogen) atoms. The average Bonchev–Trinajstić information content (AvgIpc) is 2.76. The van der Waals surface area contributed by atoms with Gasteiger partial charge in [0.25, 0.3) is 0 Å². The number of carbonyl (C=O) groups excluding carboxylic acids is 1. The third-order valence-corrected chi connectivity index (χ3v) is 5.22. The first kappa shape index (κ1) is 22.7. The number of hydrogen-bond acceptors (Lipinski definition) is 5. The minimum Gasteiger partial charge on any atom is -0.496 e. The number of carbonyl (C=O) groups is 1. The zero-order chi connectivity index (χ0) is 22.2. The second kappa shape index (κ2) is 10.9. The summed E-state index contributed by atoms with van der Waals surface area (Å²) in [5, 5.41) is 2.88. The highest BCUT2D eigenvalue weighted by atomic mass is 16.5. The van der Waals surface area contributed by atoms with Gasteiger partial charge in [-0.1, -0.05) is 23.8 Å². The number of nitrogens with one attached hydrogen (secondary N) is 1. The van der Waals surface area contributed by atoms with Crippen molar-refractivity contribution < 1.29 is 19.0 Å². The van der Waals surface area contributed by atoms with E-state index in [1.54, 1.807) is 14.2 Å². The normalized spacial score (nSPS) is 14.0. The van der Waals surface area contributed by atoms with E-state index in [1.807, 2.05) is 30.3 Å². The first-order valence-electron chi connectivity index (χ1n) is 10.6. The van der Waals surface area contributed by atoms with Gasteiger partial charge in [0.2, 0.25) is 5.91 Å². The van der Waals surface area contributed by atoms with Gasteiger partial charge in [0.1, 0.15) is 17.2 Å². The number of rotatable bonds is 9. The minimum atomic E-state index is 0.0554. The van der Waals surface area contributed by atoms with Gasteiger partial charge < -0.3 is 19.5 Å². The summed E-state index contributed by atoms with van der Waals surface area (Å²) < 4.78 is 17.3. The maximum absolute atomic E-state index is 11.9. The predicted molar refractivity (Wildman–Crippen MR) is 123 cm³/mol. The van der Waals surface area contributed by atoms with Crippen molar-refractivity contribution in [3.63, 3.8) is 0 Å². The zero-order valence-corrected chi connectivity index (χ0v) is 18.9. The highest BCUT2D eigenvalue weighted by Crippen LogP contribution is 2.40. The van der Waals surface area contributed by atoms with Crippen LogP contribution >= 0.6 is 0 Å². The van der Waals surface area contributed by atoms with Gasteiger partial charge in [-0.15, -0.1) is 0 Å². The van der Waals surface area contributed by atoms with Crippen LogP contribution in [0.1, 0.15) is 25.8 Å². The van der Waals surface area contributed by atoms with Gasteiger partial charge in [0.05, 0.1) is 32.9 Å². The fraction of sp³-hybridized carbons (Fsp3) is 0.400. The molecule has 1 fully saturated rings. The summed E-state index contributed by atoms with van der Waals surface area (Å²) in [7, 11) is 3.32. The van der Waals surface area contributed by atoms with Crippen molar-refractivity contribution in [3.05, 3.63) is 53.6 Å². The molecule has 3 rings (SSSR count). The number of methoxy groups -OCH3 is 2. The number of piperazine rings is 1. The Morgan fingerprint density at radius 1 is 1.10 bits per heavy atom. The number of amides is 1. The van der Waals surface area contributed by atoms with Crippen molar-refractivity contribution in [3.8, 4) is 28.4 Å². The molecule has 166 valence electrons. The molecule has 1 N–H and O–H groups in total. The lowest BCUT2D eigenvalue weighted by atomic mass is 10.00. The molecule has 0 radical (unpaired) electrons. The van der Waals surface area contributed by atoms with Crippen LogP contribution in [-0.2, 0) is 11.3 Å². The molecule has 1 amide bonds. The summed E-state index contributed by atoms with van der Waals surface area (Å²) in [6.07, 6.45) is 3.03. The van der Waals surface area contributed by atoms with E-state index in [2.05, 4.69) is 36.2 Å². The Labute approximate surface area is 184 Å². The monoisotopic (exact) mass is 424 g/mol. The number of ether oxygens (including phenoxy) is 3. The van der Waals surface area contributed by atoms with Gasteiger partial charge in [-0.05, 0) is 50.1 Å². The fourth-order valence-corrected chi connectivity index (χ4v) is 3.72. The Morgan fingerprint density at radius 2 is 1.84 bits per heavy atom. The largest absolute Gasteiger partial charge is 0.496 e.